The monoisotopic (exact) mass is 262 g/mol. The molecule has 0 radical (unpaired) electrons. The standard InChI is InChI=1S/C14H15FN2O2/c15-10-4-3-7-12(8-10)17-13(18)9-16(14(17)19)11-5-1-2-6-11/h3-4,7-8,11H,1-2,5-6,9H2. The topological polar surface area (TPSA) is 40.6 Å². The van der Waals surface area contributed by atoms with Crippen LogP contribution in [0.25, 0.3) is 0 Å². The molecule has 5 heteroatoms. The number of imide groups is 1. The van der Waals surface area contributed by atoms with Crippen LogP contribution in [0.4, 0.5) is 14.9 Å². The van der Waals surface area contributed by atoms with Crippen molar-refractivity contribution in [1.82, 2.24) is 4.90 Å². The van der Waals surface area contributed by atoms with Gasteiger partial charge in [0.05, 0.1) is 5.69 Å². The van der Waals surface area contributed by atoms with E-state index < -0.39 is 5.82 Å². The van der Waals surface area contributed by atoms with Crippen molar-refractivity contribution < 1.29 is 14.0 Å². The van der Waals surface area contributed by atoms with Crippen molar-refractivity contribution in [1.29, 1.82) is 0 Å². The minimum atomic E-state index is -0.447. The van der Waals surface area contributed by atoms with Gasteiger partial charge in [0, 0.05) is 6.04 Å². The number of hydrogen-bond acceptors (Lipinski definition) is 2. The molecule has 2 aliphatic rings. The van der Waals surface area contributed by atoms with Crippen LogP contribution in [0.3, 0.4) is 0 Å². The van der Waals surface area contributed by atoms with Crippen molar-refractivity contribution in [2.45, 2.75) is 31.7 Å². The minimum Gasteiger partial charge on any atom is -0.312 e. The van der Waals surface area contributed by atoms with Gasteiger partial charge in [-0.05, 0) is 31.0 Å². The zero-order valence-corrected chi connectivity index (χ0v) is 10.5. The first kappa shape index (κ1) is 12.1. The van der Waals surface area contributed by atoms with Crippen LogP contribution in [0, 0.1) is 5.82 Å². The molecule has 1 aromatic carbocycles. The van der Waals surface area contributed by atoms with E-state index in [-0.39, 0.29) is 24.5 Å². The number of hydrogen-bond donors (Lipinski definition) is 0. The number of carbonyl (C=O) groups is 2. The van der Waals surface area contributed by atoms with Crippen LogP contribution < -0.4 is 4.90 Å². The first-order valence-corrected chi connectivity index (χ1v) is 6.56. The number of anilines is 1. The molecule has 3 amide bonds. The Balaban J connectivity index is 1.86. The first-order chi connectivity index (χ1) is 9.16. The van der Waals surface area contributed by atoms with Crippen molar-refractivity contribution >= 4 is 17.6 Å². The maximum atomic E-state index is 13.2. The fourth-order valence-electron chi connectivity index (χ4n) is 2.89. The summed E-state index contributed by atoms with van der Waals surface area (Å²) in [5.74, 6) is -0.722. The summed E-state index contributed by atoms with van der Waals surface area (Å²) in [6.45, 7) is 0.111. The van der Waals surface area contributed by atoms with E-state index in [1.54, 1.807) is 11.0 Å². The Kier molecular flexibility index (Phi) is 2.97. The summed E-state index contributed by atoms with van der Waals surface area (Å²) >= 11 is 0. The zero-order chi connectivity index (χ0) is 13.4. The Labute approximate surface area is 110 Å². The van der Waals surface area contributed by atoms with Crippen LogP contribution in [0.1, 0.15) is 25.7 Å². The quantitative estimate of drug-likeness (QED) is 0.768. The molecule has 100 valence electrons. The lowest BCUT2D eigenvalue weighted by molar-refractivity contribution is -0.116. The average Bonchev–Trinajstić information content (AvgIpc) is 2.97. The van der Waals surface area contributed by atoms with Crippen LogP contribution in [-0.4, -0.2) is 29.4 Å². The molecule has 19 heavy (non-hydrogen) atoms. The molecule has 1 aromatic rings. The molecule has 2 fully saturated rings. The third-order valence-electron chi connectivity index (χ3n) is 3.82. The Bertz CT molecular complexity index is 526. The second kappa shape index (κ2) is 4.64. The highest BCUT2D eigenvalue weighted by atomic mass is 19.1. The number of benzene rings is 1. The number of nitrogens with zero attached hydrogens (tertiary/aromatic N) is 2. The normalized spacial score (nSPS) is 20.7. The molecular formula is C14H15FN2O2. The van der Waals surface area contributed by atoms with Crippen molar-refractivity contribution in [3.63, 3.8) is 0 Å². The van der Waals surface area contributed by atoms with Gasteiger partial charge in [-0.2, -0.15) is 0 Å². The SMILES string of the molecule is O=C1CN(C2CCCC2)C(=O)N1c1cccc(F)c1. The smallest absolute Gasteiger partial charge is 0.312 e. The number of urea groups is 1. The maximum Gasteiger partial charge on any atom is 0.332 e. The third-order valence-corrected chi connectivity index (χ3v) is 3.82. The van der Waals surface area contributed by atoms with Gasteiger partial charge in [0.2, 0.25) is 0 Å². The summed E-state index contributed by atoms with van der Waals surface area (Å²) in [5, 5.41) is 0. The summed E-state index contributed by atoms with van der Waals surface area (Å²) < 4.78 is 13.2. The lowest BCUT2D eigenvalue weighted by atomic mass is 10.2. The molecule has 1 aliphatic heterocycles. The molecule has 0 aromatic heterocycles. The minimum absolute atomic E-state index is 0.111. The summed E-state index contributed by atoms with van der Waals surface area (Å²) in [7, 11) is 0. The lowest BCUT2D eigenvalue weighted by Crippen LogP contribution is -2.38. The molecule has 1 heterocycles. The van der Waals surface area contributed by atoms with Crippen molar-refractivity contribution in [3.8, 4) is 0 Å². The fraction of sp³-hybridized carbons (Fsp3) is 0.429. The van der Waals surface area contributed by atoms with E-state index in [1.165, 1.54) is 18.2 Å². The Hall–Kier alpha value is -1.91. The van der Waals surface area contributed by atoms with E-state index in [1.807, 2.05) is 0 Å². The van der Waals surface area contributed by atoms with Crippen LogP contribution in [0.15, 0.2) is 24.3 Å². The van der Waals surface area contributed by atoms with Crippen molar-refractivity contribution in [3.05, 3.63) is 30.1 Å². The van der Waals surface area contributed by atoms with Gasteiger partial charge >= 0.3 is 6.03 Å². The van der Waals surface area contributed by atoms with Gasteiger partial charge in [0.1, 0.15) is 12.4 Å². The highest BCUT2D eigenvalue weighted by Crippen LogP contribution is 2.29. The predicted octanol–water partition coefficient (Wildman–Crippen LogP) is 2.54. The zero-order valence-electron chi connectivity index (χ0n) is 10.5. The largest absolute Gasteiger partial charge is 0.332 e. The van der Waals surface area contributed by atoms with Crippen LogP contribution in [-0.2, 0) is 4.79 Å². The Morgan fingerprint density at radius 3 is 2.58 bits per heavy atom. The number of amides is 3. The van der Waals surface area contributed by atoms with Crippen molar-refractivity contribution in [2.24, 2.45) is 0 Å². The van der Waals surface area contributed by atoms with Gasteiger partial charge in [-0.1, -0.05) is 18.9 Å². The van der Waals surface area contributed by atoms with Gasteiger partial charge in [-0.15, -0.1) is 0 Å². The lowest BCUT2D eigenvalue weighted by Gasteiger charge is -2.22. The molecule has 1 saturated carbocycles. The highest BCUT2D eigenvalue weighted by molar-refractivity contribution is 6.19. The number of carbonyl (C=O) groups excluding carboxylic acids is 2. The molecule has 1 saturated heterocycles. The van der Waals surface area contributed by atoms with Gasteiger partial charge in [-0.25, -0.2) is 14.1 Å². The number of halogens is 1. The Morgan fingerprint density at radius 2 is 1.89 bits per heavy atom. The maximum absolute atomic E-state index is 13.2. The van der Waals surface area contributed by atoms with E-state index in [4.69, 9.17) is 0 Å². The highest BCUT2D eigenvalue weighted by Gasteiger charge is 2.41. The molecule has 4 nitrogen and oxygen atoms in total. The molecule has 0 atom stereocenters. The van der Waals surface area contributed by atoms with Gasteiger partial charge in [0.25, 0.3) is 5.91 Å². The van der Waals surface area contributed by atoms with Gasteiger partial charge in [-0.3, -0.25) is 4.79 Å². The summed E-state index contributed by atoms with van der Waals surface area (Å²) in [6.07, 6.45) is 4.11. The van der Waals surface area contributed by atoms with Gasteiger partial charge < -0.3 is 4.90 Å². The molecule has 0 N–H and O–H groups in total. The summed E-state index contributed by atoms with van der Waals surface area (Å²) in [6, 6.07) is 5.44. The average molecular weight is 262 g/mol. The van der Waals surface area contributed by atoms with E-state index >= 15 is 0 Å². The van der Waals surface area contributed by atoms with Crippen LogP contribution >= 0.6 is 0 Å². The molecule has 3 rings (SSSR count). The summed E-state index contributed by atoms with van der Waals surface area (Å²) in [5.41, 5.74) is 0.315. The van der Waals surface area contributed by atoms with E-state index in [9.17, 15) is 14.0 Å². The van der Waals surface area contributed by atoms with Gasteiger partial charge in [0.15, 0.2) is 0 Å². The molecule has 0 unspecified atom stereocenters. The molecule has 0 spiro atoms. The second-order valence-corrected chi connectivity index (χ2v) is 5.06. The molecular weight excluding hydrogens is 247 g/mol. The van der Waals surface area contributed by atoms with Crippen molar-refractivity contribution in [2.75, 3.05) is 11.4 Å². The fourth-order valence-corrected chi connectivity index (χ4v) is 2.89. The summed E-state index contributed by atoms with van der Waals surface area (Å²) in [4.78, 5) is 27.0. The first-order valence-electron chi connectivity index (χ1n) is 6.56. The van der Waals surface area contributed by atoms with E-state index in [0.29, 0.717) is 5.69 Å². The third kappa shape index (κ3) is 2.09. The number of rotatable bonds is 2. The molecule has 0 bridgehead atoms. The van der Waals surface area contributed by atoms with Crippen LogP contribution in [0.5, 0.6) is 0 Å². The van der Waals surface area contributed by atoms with Crippen LogP contribution in [0.2, 0.25) is 0 Å². The van der Waals surface area contributed by atoms with E-state index in [2.05, 4.69) is 0 Å². The molecule has 1 aliphatic carbocycles. The Morgan fingerprint density at radius 1 is 1.16 bits per heavy atom. The predicted molar refractivity (Wildman–Crippen MR) is 68.2 cm³/mol. The second-order valence-electron chi connectivity index (χ2n) is 5.06. The van der Waals surface area contributed by atoms with E-state index in [0.717, 1.165) is 30.6 Å².